The first-order valence-electron chi connectivity index (χ1n) is 8.74. The fraction of sp³-hybridized carbons (Fsp3) is 0.368. The van der Waals surface area contributed by atoms with Gasteiger partial charge in [-0.15, -0.1) is 0 Å². The molecule has 0 unspecified atom stereocenters. The Balaban J connectivity index is 1.42. The van der Waals surface area contributed by atoms with Gasteiger partial charge < -0.3 is 15.0 Å². The van der Waals surface area contributed by atoms with E-state index in [1.54, 1.807) is 7.11 Å². The van der Waals surface area contributed by atoms with E-state index < -0.39 is 0 Å². The number of nitrogens with one attached hydrogen (secondary N) is 3. The van der Waals surface area contributed by atoms with Crippen molar-refractivity contribution >= 4 is 16.8 Å². The van der Waals surface area contributed by atoms with Crippen LogP contribution >= 0.6 is 0 Å². The molecule has 4 rings (SSSR count). The Hall–Kier alpha value is -2.76. The molecule has 2 aromatic heterocycles. The van der Waals surface area contributed by atoms with E-state index >= 15 is 0 Å². The SMILES string of the molecule is COc1ccc2[nH]cc(CCNC(=O)c3n[nH]c4c3CCCC4)c2c1. The summed E-state index contributed by atoms with van der Waals surface area (Å²) in [5.41, 5.74) is 5.03. The van der Waals surface area contributed by atoms with Crippen LogP contribution < -0.4 is 10.1 Å². The zero-order valence-electron chi connectivity index (χ0n) is 14.3. The standard InChI is InChI=1S/C19H22N4O2/c1-25-13-6-7-16-15(10-13)12(11-21-16)8-9-20-19(24)18-14-4-2-3-5-17(14)22-23-18/h6-7,10-11,21H,2-5,8-9H2,1H3,(H,20,24)(H,22,23). The topological polar surface area (TPSA) is 82.8 Å². The molecule has 25 heavy (non-hydrogen) atoms. The molecular weight excluding hydrogens is 316 g/mol. The van der Waals surface area contributed by atoms with Gasteiger partial charge in [0.05, 0.1) is 7.11 Å². The summed E-state index contributed by atoms with van der Waals surface area (Å²) in [5, 5.41) is 11.4. The Kier molecular flexibility index (Phi) is 4.17. The lowest BCUT2D eigenvalue weighted by molar-refractivity contribution is 0.0948. The first kappa shape index (κ1) is 15.7. The first-order chi connectivity index (χ1) is 12.3. The third-order valence-corrected chi connectivity index (χ3v) is 4.93. The van der Waals surface area contributed by atoms with E-state index in [0.717, 1.165) is 53.6 Å². The summed E-state index contributed by atoms with van der Waals surface area (Å²) in [6.07, 6.45) is 6.98. The molecule has 0 saturated heterocycles. The molecular formula is C19H22N4O2. The average Bonchev–Trinajstić information content (AvgIpc) is 3.25. The normalized spacial score (nSPS) is 13.6. The number of rotatable bonds is 5. The highest BCUT2D eigenvalue weighted by molar-refractivity contribution is 5.94. The average molecular weight is 338 g/mol. The van der Waals surface area contributed by atoms with E-state index in [4.69, 9.17) is 4.74 Å². The van der Waals surface area contributed by atoms with Crippen LogP contribution in [0.5, 0.6) is 5.75 Å². The second-order valence-corrected chi connectivity index (χ2v) is 6.47. The van der Waals surface area contributed by atoms with Gasteiger partial charge in [0.2, 0.25) is 0 Å². The van der Waals surface area contributed by atoms with Crippen molar-refractivity contribution in [1.29, 1.82) is 0 Å². The molecule has 0 aliphatic heterocycles. The van der Waals surface area contributed by atoms with Crippen LogP contribution in [0.2, 0.25) is 0 Å². The number of nitrogens with zero attached hydrogens (tertiary/aromatic N) is 1. The lowest BCUT2D eigenvalue weighted by atomic mass is 9.96. The summed E-state index contributed by atoms with van der Waals surface area (Å²) in [6.45, 7) is 0.574. The van der Waals surface area contributed by atoms with E-state index in [1.165, 1.54) is 12.0 Å². The van der Waals surface area contributed by atoms with E-state index in [2.05, 4.69) is 20.5 Å². The van der Waals surface area contributed by atoms with Crippen molar-refractivity contribution in [3.63, 3.8) is 0 Å². The molecule has 6 nitrogen and oxygen atoms in total. The maximum absolute atomic E-state index is 12.4. The van der Waals surface area contributed by atoms with Crippen LogP contribution in [0.4, 0.5) is 0 Å². The molecule has 0 radical (unpaired) electrons. The molecule has 3 N–H and O–H groups in total. The number of aromatic amines is 2. The highest BCUT2D eigenvalue weighted by Gasteiger charge is 2.21. The molecule has 6 heteroatoms. The van der Waals surface area contributed by atoms with Gasteiger partial charge in [-0.25, -0.2) is 0 Å². The number of aromatic nitrogens is 3. The highest BCUT2D eigenvalue weighted by Crippen LogP contribution is 2.24. The van der Waals surface area contributed by atoms with Crippen LogP contribution in [0, 0.1) is 0 Å². The van der Waals surface area contributed by atoms with Crippen LogP contribution in [0.25, 0.3) is 10.9 Å². The zero-order valence-corrected chi connectivity index (χ0v) is 14.3. The van der Waals surface area contributed by atoms with Gasteiger partial charge in [0, 0.05) is 34.9 Å². The lowest BCUT2D eigenvalue weighted by Crippen LogP contribution is -2.27. The van der Waals surface area contributed by atoms with Gasteiger partial charge in [-0.1, -0.05) is 0 Å². The molecule has 130 valence electrons. The van der Waals surface area contributed by atoms with E-state index in [-0.39, 0.29) is 5.91 Å². The summed E-state index contributed by atoms with van der Waals surface area (Å²) in [6, 6.07) is 5.96. The van der Waals surface area contributed by atoms with Crippen LogP contribution in [-0.4, -0.2) is 34.7 Å². The van der Waals surface area contributed by atoms with Crippen molar-refractivity contribution in [2.24, 2.45) is 0 Å². The second-order valence-electron chi connectivity index (χ2n) is 6.47. The fourth-order valence-electron chi connectivity index (χ4n) is 3.55. The maximum Gasteiger partial charge on any atom is 0.272 e. The summed E-state index contributed by atoms with van der Waals surface area (Å²) in [5.74, 6) is 0.748. The third kappa shape index (κ3) is 2.99. The molecule has 0 fully saturated rings. The molecule has 1 aliphatic carbocycles. The number of carbonyl (C=O) groups is 1. The Morgan fingerprint density at radius 3 is 3.08 bits per heavy atom. The first-order valence-corrected chi connectivity index (χ1v) is 8.74. The monoisotopic (exact) mass is 338 g/mol. The minimum absolute atomic E-state index is 0.0863. The van der Waals surface area contributed by atoms with Crippen molar-refractivity contribution < 1.29 is 9.53 Å². The molecule has 3 aromatic rings. The largest absolute Gasteiger partial charge is 0.497 e. The van der Waals surface area contributed by atoms with Crippen molar-refractivity contribution in [2.45, 2.75) is 32.1 Å². The smallest absolute Gasteiger partial charge is 0.272 e. The van der Waals surface area contributed by atoms with Crippen molar-refractivity contribution in [3.05, 3.63) is 46.9 Å². The molecule has 0 saturated carbocycles. The number of hydrogen-bond donors (Lipinski definition) is 3. The molecule has 2 heterocycles. The van der Waals surface area contributed by atoms with Crippen LogP contribution in [-0.2, 0) is 19.3 Å². The number of amides is 1. The van der Waals surface area contributed by atoms with Gasteiger partial charge in [0.15, 0.2) is 5.69 Å². The summed E-state index contributed by atoms with van der Waals surface area (Å²) in [4.78, 5) is 15.7. The number of fused-ring (bicyclic) bond motifs is 2. The molecule has 0 bridgehead atoms. The molecule has 1 amide bonds. The minimum Gasteiger partial charge on any atom is -0.497 e. The fourth-order valence-corrected chi connectivity index (χ4v) is 3.55. The molecule has 1 aliphatic rings. The van der Waals surface area contributed by atoms with Gasteiger partial charge >= 0.3 is 0 Å². The zero-order chi connectivity index (χ0) is 17.2. The second kappa shape index (κ2) is 6.63. The van der Waals surface area contributed by atoms with Gasteiger partial charge in [-0.05, 0) is 55.9 Å². The quantitative estimate of drug-likeness (QED) is 0.669. The molecule has 0 atom stereocenters. The van der Waals surface area contributed by atoms with Gasteiger partial charge in [0.1, 0.15) is 5.75 Å². The number of methoxy groups -OCH3 is 1. The van der Waals surface area contributed by atoms with Crippen LogP contribution in [0.3, 0.4) is 0 Å². The Labute approximate surface area is 146 Å². The van der Waals surface area contributed by atoms with Gasteiger partial charge in [-0.3, -0.25) is 9.89 Å². The number of hydrogen-bond acceptors (Lipinski definition) is 3. The summed E-state index contributed by atoms with van der Waals surface area (Å²) < 4.78 is 5.30. The van der Waals surface area contributed by atoms with Crippen LogP contribution in [0.1, 0.15) is 40.2 Å². The van der Waals surface area contributed by atoms with Crippen molar-refractivity contribution in [2.75, 3.05) is 13.7 Å². The summed E-state index contributed by atoms with van der Waals surface area (Å²) in [7, 11) is 1.66. The van der Waals surface area contributed by atoms with E-state index in [0.29, 0.717) is 12.2 Å². The number of carbonyl (C=O) groups excluding carboxylic acids is 1. The predicted octanol–water partition coefficient (Wildman–Crippen LogP) is 2.75. The minimum atomic E-state index is -0.0863. The maximum atomic E-state index is 12.4. The van der Waals surface area contributed by atoms with E-state index in [1.807, 2.05) is 24.4 Å². The van der Waals surface area contributed by atoms with Gasteiger partial charge in [0.25, 0.3) is 5.91 Å². The Morgan fingerprint density at radius 2 is 2.20 bits per heavy atom. The highest BCUT2D eigenvalue weighted by atomic mass is 16.5. The van der Waals surface area contributed by atoms with Crippen LogP contribution in [0.15, 0.2) is 24.4 Å². The summed E-state index contributed by atoms with van der Waals surface area (Å²) >= 11 is 0. The van der Waals surface area contributed by atoms with Gasteiger partial charge in [-0.2, -0.15) is 5.10 Å². The third-order valence-electron chi connectivity index (χ3n) is 4.93. The number of aryl methyl sites for hydroxylation is 1. The van der Waals surface area contributed by atoms with Crippen molar-refractivity contribution in [3.8, 4) is 5.75 Å². The number of benzene rings is 1. The molecule has 1 aromatic carbocycles. The molecule has 0 spiro atoms. The number of H-pyrrole nitrogens is 2. The number of ether oxygens (including phenoxy) is 1. The lowest BCUT2D eigenvalue weighted by Gasteiger charge is -2.11. The Morgan fingerprint density at radius 1 is 1.32 bits per heavy atom. The van der Waals surface area contributed by atoms with Crippen molar-refractivity contribution in [1.82, 2.24) is 20.5 Å². The predicted molar refractivity (Wildman–Crippen MR) is 96.1 cm³/mol. The van der Waals surface area contributed by atoms with E-state index in [9.17, 15) is 4.79 Å². The Bertz CT molecular complexity index is 909.